The predicted molar refractivity (Wildman–Crippen MR) is 122 cm³/mol. The fourth-order valence-electron chi connectivity index (χ4n) is 3.32. The maximum Gasteiger partial charge on any atom is 0.302 e. The number of carbonyl (C=O) groups is 1. The molecule has 0 saturated heterocycles. The van der Waals surface area contributed by atoms with Gasteiger partial charge in [-0.3, -0.25) is 4.79 Å². The molecule has 3 N–H and O–H groups in total. The number of hydrogen-bond donors (Lipinski definition) is 3. The number of amides is 1. The molecule has 5 aromatic rings. The fourth-order valence-corrected chi connectivity index (χ4v) is 3.49. The molecule has 8 nitrogen and oxygen atoms in total. The Kier molecular flexibility index (Phi) is 5.04. The van der Waals surface area contributed by atoms with Crippen molar-refractivity contribution in [2.75, 3.05) is 6.61 Å². The average Bonchev–Trinajstić information content (AvgIpc) is 3.37. The van der Waals surface area contributed by atoms with Gasteiger partial charge in [-0.1, -0.05) is 23.7 Å². The van der Waals surface area contributed by atoms with Crippen molar-refractivity contribution in [3.63, 3.8) is 0 Å². The molecule has 2 heterocycles. The maximum atomic E-state index is 12.1. The fraction of sp³-hybridized carbons (Fsp3) is 0.0435. The molecule has 9 heteroatoms. The number of para-hydroxylation sites is 2. The molecular formula is C23H16ClN5O3. The van der Waals surface area contributed by atoms with Crippen LogP contribution in [0.1, 0.15) is 0 Å². The highest BCUT2D eigenvalue weighted by Crippen LogP contribution is 2.36. The lowest BCUT2D eigenvalue weighted by molar-refractivity contribution is -0.120. The van der Waals surface area contributed by atoms with Crippen molar-refractivity contribution in [3.8, 4) is 23.0 Å². The highest BCUT2D eigenvalue weighted by Gasteiger charge is 2.12. The Morgan fingerprint density at radius 2 is 1.84 bits per heavy atom. The third-order valence-electron chi connectivity index (χ3n) is 4.86. The Labute approximate surface area is 186 Å². The number of imidazole rings is 1. The van der Waals surface area contributed by atoms with E-state index in [4.69, 9.17) is 16.3 Å². The van der Waals surface area contributed by atoms with Gasteiger partial charge in [0.1, 0.15) is 11.6 Å². The second kappa shape index (κ2) is 8.16. The van der Waals surface area contributed by atoms with Crippen molar-refractivity contribution in [2.45, 2.75) is 0 Å². The summed E-state index contributed by atoms with van der Waals surface area (Å²) >= 11 is 5.99. The maximum absolute atomic E-state index is 12.1. The molecule has 158 valence electrons. The van der Waals surface area contributed by atoms with E-state index < -0.39 is 5.91 Å². The molecule has 0 saturated carbocycles. The van der Waals surface area contributed by atoms with E-state index in [1.54, 1.807) is 30.3 Å². The first-order valence-corrected chi connectivity index (χ1v) is 10.1. The van der Waals surface area contributed by atoms with Crippen LogP contribution in [0, 0.1) is 0 Å². The number of carbonyl (C=O) groups excluding carboxylic acids is 1. The molecular weight excluding hydrogens is 430 g/mol. The number of hydrogen-bond acceptors (Lipinski definition) is 5. The quantitative estimate of drug-likeness (QED) is 0.298. The highest BCUT2D eigenvalue weighted by atomic mass is 35.5. The van der Waals surface area contributed by atoms with Gasteiger partial charge in [-0.25, -0.2) is 4.98 Å². The number of azo groups is 1. The normalized spacial score (nSPS) is 11.5. The van der Waals surface area contributed by atoms with Crippen molar-refractivity contribution < 1.29 is 14.6 Å². The van der Waals surface area contributed by atoms with E-state index in [2.05, 4.69) is 25.2 Å². The molecule has 0 atom stereocenters. The second-order valence-electron chi connectivity index (χ2n) is 7.02. The van der Waals surface area contributed by atoms with E-state index in [1.165, 1.54) is 0 Å². The number of nitrogens with one attached hydrogen (secondary N) is 2. The first kappa shape index (κ1) is 19.8. The Balaban J connectivity index is 1.24. The molecule has 0 fully saturated rings. The van der Waals surface area contributed by atoms with Crippen LogP contribution in [0.15, 0.2) is 77.0 Å². The van der Waals surface area contributed by atoms with Gasteiger partial charge in [-0.15, -0.1) is 10.2 Å². The van der Waals surface area contributed by atoms with Gasteiger partial charge in [0, 0.05) is 16.0 Å². The monoisotopic (exact) mass is 445 g/mol. The molecule has 0 radical (unpaired) electrons. The minimum atomic E-state index is -0.595. The predicted octanol–water partition coefficient (Wildman–Crippen LogP) is 5.76. The summed E-state index contributed by atoms with van der Waals surface area (Å²) in [7, 11) is 0. The summed E-state index contributed by atoms with van der Waals surface area (Å²) in [6.45, 7) is -0.294. The van der Waals surface area contributed by atoms with Crippen molar-refractivity contribution in [2.24, 2.45) is 10.2 Å². The minimum Gasteiger partial charge on any atom is -0.493 e. The van der Waals surface area contributed by atoms with Crippen molar-refractivity contribution in [3.05, 3.63) is 71.8 Å². The first-order valence-electron chi connectivity index (χ1n) is 9.69. The standard InChI is InChI=1S/C23H16ClN5O3/c24-14-7-10-17-16(11-14)21(23(31)27-17)29-28-20(30)12-32-15-8-5-13(6-9-15)22-25-18-3-1-2-4-19(18)26-22/h1-11,27,31H,12H2,(H,25,26). The van der Waals surface area contributed by atoms with Gasteiger partial charge < -0.3 is 19.8 Å². The Bertz CT molecular complexity index is 1440. The van der Waals surface area contributed by atoms with Crippen LogP contribution in [-0.2, 0) is 4.79 Å². The van der Waals surface area contributed by atoms with Gasteiger partial charge in [-0.2, -0.15) is 0 Å². The molecule has 0 unspecified atom stereocenters. The molecule has 0 aliphatic carbocycles. The first-order chi connectivity index (χ1) is 15.6. The Morgan fingerprint density at radius 1 is 1.03 bits per heavy atom. The smallest absolute Gasteiger partial charge is 0.302 e. The van der Waals surface area contributed by atoms with Crippen LogP contribution >= 0.6 is 11.6 Å². The number of benzene rings is 3. The number of halogens is 1. The van der Waals surface area contributed by atoms with E-state index in [1.807, 2.05) is 36.4 Å². The SMILES string of the molecule is O=C(COc1ccc(-c2nc3ccccc3[nH]2)cc1)N=Nc1c(O)[nH]c2ccc(Cl)cc12. The topological polar surface area (TPSA) is 116 Å². The number of H-pyrrole nitrogens is 2. The number of aromatic amines is 2. The second-order valence-corrected chi connectivity index (χ2v) is 7.46. The van der Waals surface area contributed by atoms with Crippen LogP contribution in [0.25, 0.3) is 33.3 Å². The van der Waals surface area contributed by atoms with Gasteiger partial charge in [-0.05, 0) is 54.6 Å². The molecule has 0 bridgehead atoms. The number of ether oxygens (including phenoxy) is 1. The summed E-state index contributed by atoms with van der Waals surface area (Å²) in [5.74, 6) is 0.472. The van der Waals surface area contributed by atoms with Crippen molar-refractivity contribution in [1.82, 2.24) is 15.0 Å². The molecule has 0 spiro atoms. The summed E-state index contributed by atoms with van der Waals surface area (Å²) in [5.41, 5.74) is 3.53. The van der Waals surface area contributed by atoms with Crippen LogP contribution in [-0.4, -0.2) is 32.6 Å². The highest BCUT2D eigenvalue weighted by molar-refractivity contribution is 6.31. The molecule has 2 aromatic heterocycles. The van der Waals surface area contributed by atoms with E-state index in [0.29, 0.717) is 21.7 Å². The summed E-state index contributed by atoms with van der Waals surface area (Å²) in [6, 6.07) is 20.0. The average molecular weight is 446 g/mol. The lowest BCUT2D eigenvalue weighted by atomic mass is 10.2. The number of aromatic nitrogens is 3. The number of rotatable bonds is 5. The van der Waals surface area contributed by atoms with E-state index >= 15 is 0 Å². The van der Waals surface area contributed by atoms with E-state index in [9.17, 15) is 9.90 Å². The third kappa shape index (κ3) is 3.91. The van der Waals surface area contributed by atoms with Crippen LogP contribution in [0.5, 0.6) is 11.6 Å². The summed E-state index contributed by atoms with van der Waals surface area (Å²) < 4.78 is 5.50. The zero-order chi connectivity index (χ0) is 22.1. The molecule has 3 aromatic carbocycles. The summed E-state index contributed by atoms with van der Waals surface area (Å²) in [5, 5.41) is 18.6. The van der Waals surface area contributed by atoms with Crippen LogP contribution in [0.4, 0.5) is 5.69 Å². The lowest BCUT2D eigenvalue weighted by Gasteiger charge is -2.04. The summed E-state index contributed by atoms with van der Waals surface area (Å²) in [4.78, 5) is 22.7. The number of nitrogens with zero attached hydrogens (tertiary/aromatic N) is 3. The van der Waals surface area contributed by atoms with E-state index in [0.717, 1.165) is 22.4 Å². The Morgan fingerprint density at radius 3 is 2.66 bits per heavy atom. The molecule has 32 heavy (non-hydrogen) atoms. The lowest BCUT2D eigenvalue weighted by Crippen LogP contribution is -2.07. The van der Waals surface area contributed by atoms with Gasteiger partial charge in [0.05, 0.1) is 16.6 Å². The zero-order valence-corrected chi connectivity index (χ0v) is 17.3. The van der Waals surface area contributed by atoms with Gasteiger partial charge in [0.15, 0.2) is 12.3 Å². The van der Waals surface area contributed by atoms with Crippen LogP contribution in [0.2, 0.25) is 5.02 Å². The molecule has 1 amide bonds. The van der Waals surface area contributed by atoms with Crippen LogP contribution in [0.3, 0.4) is 0 Å². The van der Waals surface area contributed by atoms with Crippen molar-refractivity contribution in [1.29, 1.82) is 0 Å². The van der Waals surface area contributed by atoms with Gasteiger partial charge in [0.25, 0.3) is 0 Å². The summed E-state index contributed by atoms with van der Waals surface area (Å²) in [6.07, 6.45) is 0. The van der Waals surface area contributed by atoms with Crippen molar-refractivity contribution >= 4 is 45.1 Å². The molecule has 0 aliphatic rings. The zero-order valence-electron chi connectivity index (χ0n) is 16.5. The molecule has 0 aliphatic heterocycles. The van der Waals surface area contributed by atoms with E-state index in [-0.39, 0.29) is 18.2 Å². The number of aromatic hydroxyl groups is 1. The van der Waals surface area contributed by atoms with Crippen LogP contribution < -0.4 is 4.74 Å². The largest absolute Gasteiger partial charge is 0.493 e. The minimum absolute atomic E-state index is 0.144. The van der Waals surface area contributed by atoms with Gasteiger partial charge in [0.2, 0.25) is 5.88 Å². The Hall–Kier alpha value is -4.17. The van der Waals surface area contributed by atoms with Gasteiger partial charge >= 0.3 is 5.91 Å². The number of fused-ring (bicyclic) bond motifs is 2. The third-order valence-corrected chi connectivity index (χ3v) is 5.09. The molecule has 5 rings (SSSR count).